The Bertz CT molecular complexity index is 446. The summed E-state index contributed by atoms with van der Waals surface area (Å²) in [6.45, 7) is 5.82. The second kappa shape index (κ2) is 6.84. The second-order valence-electron chi connectivity index (χ2n) is 5.52. The van der Waals surface area contributed by atoms with Crippen molar-refractivity contribution in [1.82, 2.24) is 10.2 Å². The highest BCUT2D eigenvalue weighted by Gasteiger charge is 2.22. The fourth-order valence-electron chi connectivity index (χ4n) is 2.77. The molecule has 1 aromatic rings. The Labute approximate surface area is 120 Å². The fraction of sp³-hybridized carbons (Fsp3) is 0.562. The van der Waals surface area contributed by atoms with Crippen LogP contribution in [0.2, 0.25) is 0 Å². The summed E-state index contributed by atoms with van der Waals surface area (Å²) in [6, 6.07) is 7.06. The van der Waals surface area contributed by atoms with E-state index in [1.165, 1.54) is 12.1 Å². The minimum atomic E-state index is -0.209. The van der Waals surface area contributed by atoms with Crippen LogP contribution >= 0.6 is 0 Å². The lowest BCUT2D eigenvalue weighted by atomic mass is 10.0. The van der Waals surface area contributed by atoms with Gasteiger partial charge in [0.15, 0.2) is 0 Å². The third-order valence-corrected chi connectivity index (χ3v) is 3.83. The van der Waals surface area contributed by atoms with E-state index in [1.807, 2.05) is 17.0 Å². The van der Waals surface area contributed by atoms with E-state index in [-0.39, 0.29) is 23.8 Å². The summed E-state index contributed by atoms with van der Waals surface area (Å²) in [5.74, 6) is 0.0489. The van der Waals surface area contributed by atoms with E-state index in [1.54, 1.807) is 0 Å². The molecule has 1 N–H and O–H groups in total. The summed E-state index contributed by atoms with van der Waals surface area (Å²) < 4.78 is 13.0. The fourth-order valence-corrected chi connectivity index (χ4v) is 2.77. The van der Waals surface area contributed by atoms with Crippen LogP contribution in [0.4, 0.5) is 4.39 Å². The van der Waals surface area contributed by atoms with Crippen LogP contribution in [0.25, 0.3) is 0 Å². The van der Waals surface area contributed by atoms with Gasteiger partial charge in [0, 0.05) is 31.6 Å². The highest BCUT2D eigenvalue weighted by atomic mass is 19.1. The lowest BCUT2D eigenvalue weighted by Gasteiger charge is -2.26. The summed E-state index contributed by atoms with van der Waals surface area (Å²) in [5.41, 5.74) is 1.09. The zero-order chi connectivity index (χ0) is 14.5. The van der Waals surface area contributed by atoms with Gasteiger partial charge in [-0.1, -0.05) is 19.1 Å². The average Bonchev–Trinajstić information content (AvgIpc) is 2.83. The Balaban J connectivity index is 1.92. The molecule has 1 saturated heterocycles. The number of carbonyl (C=O) groups excluding carboxylic acids is 1. The Morgan fingerprint density at radius 3 is 2.60 bits per heavy atom. The number of carbonyl (C=O) groups is 1. The summed E-state index contributed by atoms with van der Waals surface area (Å²) in [4.78, 5) is 13.6. The zero-order valence-corrected chi connectivity index (χ0v) is 12.2. The third kappa shape index (κ3) is 3.79. The molecule has 2 atom stereocenters. The molecule has 110 valence electrons. The molecule has 0 aromatic heterocycles. The first-order valence-electron chi connectivity index (χ1n) is 7.39. The van der Waals surface area contributed by atoms with E-state index in [2.05, 4.69) is 19.2 Å². The summed E-state index contributed by atoms with van der Waals surface area (Å²) in [5, 5.41) is 3.53. The quantitative estimate of drug-likeness (QED) is 0.868. The minimum Gasteiger partial charge on any atom is -0.341 e. The van der Waals surface area contributed by atoms with E-state index in [0.29, 0.717) is 6.42 Å². The standard InChI is InChI=1S/C16H23FN2O/c1-3-15(13-6-8-14(17)9-7-13)18-12(2)11-19-10-4-5-16(19)20/h6-9,12,15,18H,3-5,10-11H2,1-2H3. The number of nitrogens with zero attached hydrogens (tertiary/aromatic N) is 1. The molecule has 3 nitrogen and oxygen atoms in total. The average molecular weight is 278 g/mol. The third-order valence-electron chi connectivity index (χ3n) is 3.83. The highest BCUT2D eigenvalue weighted by molar-refractivity contribution is 5.78. The van der Waals surface area contributed by atoms with Crippen LogP contribution in [0.3, 0.4) is 0 Å². The maximum Gasteiger partial charge on any atom is 0.222 e. The second-order valence-corrected chi connectivity index (χ2v) is 5.52. The number of nitrogens with one attached hydrogen (secondary N) is 1. The number of amides is 1. The zero-order valence-electron chi connectivity index (χ0n) is 12.2. The van der Waals surface area contributed by atoms with Crippen molar-refractivity contribution < 1.29 is 9.18 Å². The minimum absolute atomic E-state index is 0.198. The Morgan fingerprint density at radius 1 is 1.35 bits per heavy atom. The number of halogens is 1. The molecular formula is C16H23FN2O. The number of rotatable bonds is 6. The smallest absolute Gasteiger partial charge is 0.222 e. The van der Waals surface area contributed by atoms with E-state index < -0.39 is 0 Å². The molecule has 1 heterocycles. The van der Waals surface area contributed by atoms with Crippen molar-refractivity contribution in [3.8, 4) is 0 Å². The van der Waals surface area contributed by atoms with Gasteiger partial charge >= 0.3 is 0 Å². The van der Waals surface area contributed by atoms with E-state index in [0.717, 1.165) is 31.5 Å². The molecule has 2 rings (SSSR count). The molecular weight excluding hydrogens is 255 g/mol. The van der Waals surface area contributed by atoms with Crippen LogP contribution in [-0.4, -0.2) is 29.9 Å². The molecule has 0 spiro atoms. The first-order valence-corrected chi connectivity index (χ1v) is 7.39. The van der Waals surface area contributed by atoms with Crippen molar-refractivity contribution in [2.45, 2.75) is 45.2 Å². The first-order chi connectivity index (χ1) is 9.60. The molecule has 1 aliphatic rings. The van der Waals surface area contributed by atoms with Gasteiger partial charge in [-0.15, -0.1) is 0 Å². The molecule has 0 radical (unpaired) electrons. The summed E-state index contributed by atoms with van der Waals surface area (Å²) >= 11 is 0. The molecule has 1 fully saturated rings. The number of likely N-dealkylation sites (tertiary alicyclic amines) is 1. The van der Waals surface area contributed by atoms with Crippen molar-refractivity contribution in [2.24, 2.45) is 0 Å². The number of benzene rings is 1. The SMILES string of the molecule is CCC(NC(C)CN1CCCC1=O)c1ccc(F)cc1. The summed E-state index contributed by atoms with van der Waals surface area (Å²) in [6.07, 6.45) is 2.59. The normalized spacial score (nSPS) is 18.4. The summed E-state index contributed by atoms with van der Waals surface area (Å²) in [7, 11) is 0. The van der Waals surface area contributed by atoms with Gasteiger partial charge in [0.1, 0.15) is 5.82 Å². The monoisotopic (exact) mass is 278 g/mol. The topological polar surface area (TPSA) is 32.3 Å². The largest absolute Gasteiger partial charge is 0.341 e. The first kappa shape index (κ1) is 15.0. The van der Waals surface area contributed by atoms with Crippen molar-refractivity contribution in [1.29, 1.82) is 0 Å². The number of hydrogen-bond donors (Lipinski definition) is 1. The van der Waals surface area contributed by atoms with Crippen LogP contribution in [0.1, 0.15) is 44.7 Å². The van der Waals surface area contributed by atoms with Crippen LogP contribution in [0.15, 0.2) is 24.3 Å². The van der Waals surface area contributed by atoms with Gasteiger partial charge in [0.2, 0.25) is 5.91 Å². The molecule has 0 bridgehead atoms. The van der Waals surface area contributed by atoms with Crippen molar-refractivity contribution >= 4 is 5.91 Å². The van der Waals surface area contributed by atoms with E-state index >= 15 is 0 Å². The molecule has 0 aliphatic carbocycles. The highest BCUT2D eigenvalue weighted by Crippen LogP contribution is 2.18. The molecule has 4 heteroatoms. The Kier molecular flexibility index (Phi) is 5.12. The van der Waals surface area contributed by atoms with Gasteiger partial charge in [-0.3, -0.25) is 4.79 Å². The van der Waals surface area contributed by atoms with Gasteiger partial charge in [-0.05, 0) is 37.5 Å². The van der Waals surface area contributed by atoms with Crippen LogP contribution in [0.5, 0.6) is 0 Å². The van der Waals surface area contributed by atoms with Crippen molar-refractivity contribution in [3.63, 3.8) is 0 Å². The van der Waals surface area contributed by atoms with Gasteiger partial charge < -0.3 is 10.2 Å². The Morgan fingerprint density at radius 2 is 2.05 bits per heavy atom. The lowest BCUT2D eigenvalue weighted by molar-refractivity contribution is -0.127. The van der Waals surface area contributed by atoms with Crippen molar-refractivity contribution in [3.05, 3.63) is 35.6 Å². The van der Waals surface area contributed by atoms with Crippen molar-refractivity contribution in [2.75, 3.05) is 13.1 Å². The Hall–Kier alpha value is -1.42. The lowest BCUT2D eigenvalue weighted by Crippen LogP contribution is -2.41. The predicted octanol–water partition coefficient (Wildman–Crippen LogP) is 2.88. The van der Waals surface area contributed by atoms with Crippen LogP contribution in [0, 0.1) is 5.82 Å². The predicted molar refractivity (Wildman–Crippen MR) is 77.8 cm³/mol. The number of hydrogen-bond acceptors (Lipinski definition) is 2. The van der Waals surface area contributed by atoms with Gasteiger partial charge in [-0.25, -0.2) is 4.39 Å². The molecule has 2 unspecified atom stereocenters. The molecule has 20 heavy (non-hydrogen) atoms. The van der Waals surface area contributed by atoms with Gasteiger partial charge in [0.05, 0.1) is 0 Å². The molecule has 1 aromatic carbocycles. The van der Waals surface area contributed by atoms with Gasteiger partial charge in [-0.2, -0.15) is 0 Å². The maximum atomic E-state index is 13.0. The van der Waals surface area contributed by atoms with E-state index in [9.17, 15) is 9.18 Å². The molecule has 1 aliphatic heterocycles. The van der Waals surface area contributed by atoms with Crippen LogP contribution < -0.4 is 5.32 Å². The van der Waals surface area contributed by atoms with Gasteiger partial charge in [0.25, 0.3) is 0 Å². The van der Waals surface area contributed by atoms with E-state index in [4.69, 9.17) is 0 Å². The molecule has 1 amide bonds. The maximum absolute atomic E-state index is 13.0. The van der Waals surface area contributed by atoms with Crippen LogP contribution in [-0.2, 0) is 4.79 Å². The molecule has 0 saturated carbocycles.